The van der Waals surface area contributed by atoms with E-state index in [4.69, 9.17) is 15.4 Å². The van der Waals surface area contributed by atoms with Crippen molar-refractivity contribution in [2.75, 3.05) is 13.4 Å². The molecule has 0 amide bonds. The first kappa shape index (κ1) is 28.9. The van der Waals surface area contributed by atoms with E-state index in [9.17, 15) is 41.1 Å². The molecule has 0 bridgehead atoms. The van der Waals surface area contributed by atoms with Crippen molar-refractivity contribution in [3.05, 3.63) is 52.7 Å². The van der Waals surface area contributed by atoms with Gasteiger partial charge in [-0.3, -0.25) is 0 Å². The summed E-state index contributed by atoms with van der Waals surface area (Å²) in [6.07, 6.45) is 1.44. The summed E-state index contributed by atoms with van der Waals surface area (Å²) in [7, 11) is -14.2. The van der Waals surface area contributed by atoms with Gasteiger partial charge in [0, 0.05) is 23.0 Å². The molecule has 0 saturated carbocycles. The molecule has 188 valence electrons. The molecule has 0 aromatic heterocycles. The Hall–Kier alpha value is -2.10. The summed E-state index contributed by atoms with van der Waals surface area (Å²) in [5.74, 6) is -2.84. The van der Waals surface area contributed by atoms with Crippen molar-refractivity contribution in [2.45, 2.75) is 23.6 Å². The van der Waals surface area contributed by atoms with Gasteiger partial charge in [-0.25, -0.2) is 21.6 Å². The van der Waals surface area contributed by atoms with Crippen LogP contribution in [0.2, 0.25) is 0 Å². The maximum absolute atomic E-state index is 13.4. The molecule has 7 nitrogen and oxygen atoms in total. The van der Waals surface area contributed by atoms with Gasteiger partial charge in [-0.15, -0.1) is 0 Å². The predicted octanol–water partition coefficient (Wildman–Crippen LogP) is 5.60. The lowest BCUT2D eigenvalue weighted by Crippen LogP contribution is -2.13. The highest BCUT2D eigenvalue weighted by atomic mass is 35.7. The van der Waals surface area contributed by atoms with Crippen molar-refractivity contribution in [1.29, 1.82) is 0 Å². The van der Waals surface area contributed by atoms with Gasteiger partial charge in [0.2, 0.25) is 0 Å². The Morgan fingerprint density at radius 3 is 1.97 bits per heavy atom. The molecule has 16 heteroatoms. The molecule has 0 atom stereocenters. The highest BCUT2D eigenvalue weighted by Gasteiger charge is 2.67. The number of benzene rings is 1. The highest BCUT2D eigenvalue weighted by molar-refractivity contribution is 8.46. The lowest BCUT2D eigenvalue weighted by molar-refractivity contribution is -0.135. The molecule has 33 heavy (non-hydrogen) atoms. The normalized spacial score (nSPS) is 15.2. The third-order valence-corrected chi connectivity index (χ3v) is 7.55. The Kier molecular flexibility index (Phi) is 7.26. The van der Waals surface area contributed by atoms with E-state index < -0.39 is 61.3 Å². The van der Waals surface area contributed by atoms with Crippen LogP contribution in [0.4, 0.5) is 19.4 Å². The Labute approximate surface area is 191 Å². The number of esters is 1. The maximum atomic E-state index is 13.4. The summed E-state index contributed by atoms with van der Waals surface area (Å²) in [4.78, 5) is 6.33. The molecule has 0 N–H and O–H groups in total. The minimum atomic E-state index is -10.6. The van der Waals surface area contributed by atoms with Crippen LogP contribution in [0.3, 0.4) is 0 Å². The van der Waals surface area contributed by atoms with E-state index in [1.54, 1.807) is 0 Å². The molecule has 0 radical (unpaired) electrons. The van der Waals surface area contributed by atoms with Gasteiger partial charge < -0.3 is 9.47 Å². The van der Waals surface area contributed by atoms with Crippen LogP contribution in [0.5, 0.6) is 5.75 Å². The van der Waals surface area contributed by atoms with Gasteiger partial charge in [-0.1, -0.05) is 31.6 Å². The van der Waals surface area contributed by atoms with Crippen LogP contribution < -0.4 is 4.74 Å². The summed E-state index contributed by atoms with van der Waals surface area (Å²) in [5, 5.41) is 0. The fraction of sp³-hybridized carbons (Fsp3) is 0.235. The summed E-state index contributed by atoms with van der Waals surface area (Å²) in [5.41, 5.74) is 0.0367. The number of methoxy groups -OCH3 is 1. The van der Waals surface area contributed by atoms with E-state index in [1.165, 1.54) is 13.8 Å². The van der Waals surface area contributed by atoms with Crippen LogP contribution in [-0.2, 0) is 28.4 Å². The number of ether oxygens (including phenoxy) is 2. The summed E-state index contributed by atoms with van der Waals surface area (Å²) < 4.78 is 124. The minimum Gasteiger partial charge on any atom is -0.465 e. The molecule has 0 spiro atoms. The molecular formula is C17H18ClF5O7S3. The van der Waals surface area contributed by atoms with Gasteiger partial charge in [0.1, 0.15) is 26.2 Å². The predicted molar refractivity (Wildman–Crippen MR) is 114 cm³/mol. The van der Waals surface area contributed by atoms with Crippen LogP contribution in [0.25, 0.3) is 0 Å². The zero-order valence-electron chi connectivity index (χ0n) is 17.4. The number of hydrogen-bond donors (Lipinski definition) is 0. The number of rotatable bonds is 8. The third kappa shape index (κ3) is 7.72. The zero-order chi connectivity index (χ0) is 26.3. The van der Waals surface area contributed by atoms with Crippen molar-refractivity contribution in [3.8, 4) is 5.75 Å². The second-order valence-corrected chi connectivity index (χ2v) is 13.6. The van der Waals surface area contributed by atoms with E-state index in [1.807, 2.05) is 0 Å². The molecule has 0 fully saturated rings. The molecular weight excluding hydrogens is 543 g/mol. The molecule has 0 aliphatic rings. The second kappa shape index (κ2) is 8.29. The van der Waals surface area contributed by atoms with Crippen LogP contribution in [-0.4, -0.2) is 36.2 Å². The molecule has 1 aromatic rings. The maximum Gasteiger partial charge on any atom is 0.337 e. The van der Waals surface area contributed by atoms with Crippen molar-refractivity contribution in [3.63, 3.8) is 0 Å². The lowest BCUT2D eigenvalue weighted by atomic mass is 10.1. The number of carbonyl (C=O) groups excluding carboxylic acids is 1. The number of sulfone groups is 1. The largest absolute Gasteiger partial charge is 0.465 e. The Morgan fingerprint density at radius 2 is 1.61 bits per heavy atom. The van der Waals surface area contributed by atoms with Gasteiger partial charge in [0.25, 0.3) is 9.05 Å². The Bertz CT molecular complexity index is 1290. The van der Waals surface area contributed by atoms with Crippen molar-refractivity contribution < 1.29 is 50.5 Å². The first-order valence-electron chi connectivity index (χ1n) is 8.26. The van der Waals surface area contributed by atoms with E-state index >= 15 is 0 Å². The van der Waals surface area contributed by atoms with E-state index in [0.717, 1.165) is 13.2 Å². The fourth-order valence-corrected chi connectivity index (χ4v) is 5.74. The lowest BCUT2D eigenvalue weighted by Gasteiger charge is -2.41. The third-order valence-electron chi connectivity index (χ3n) is 3.73. The number of hydrogen-bond acceptors (Lipinski definition) is 7. The molecule has 0 aliphatic carbocycles. The molecule has 0 unspecified atom stereocenters. The van der Waals surface area contributed by atoms with Gasteiger partial charge in [0.15, 0.2) is 9.84 Å². The SMILES string of the molecule is C=C(Oc1ccc(S(=O)(=O)Cl)c(S(F)(F)(F)(F)F)c1)/C(=C\C(C(=O)OC)=C(C)C)S(C)(=O)=O. The van der Waals surface area contributed by atoms with Crippen LogP contribution in [0.15, 0.2) is 62.5 Å². The molecule has 1 aromatic carbocycles. The monoisotopic (exact) mass is 560 g/mol. The first-order valence-corrected chi connectivity index (χ1v) is 14.4. The topological polar surface area (TPSA) is 104 Å². The summed E-state index contributed by atoms with van der Waals surface area (Å²) >= 11 is 0. The van der Waals surface area contributed by atoms with Gasteiger partial charge in [-0.2, -0.15) is 0 Å². The van der Waals surface area contributed by atoms with Gasteiger partial charge >= 0.3 is 16.2 Å². The molecule has 0 aliphatic heterocycles. The Balaban J connectivity index is 3.73. The average molecular weight is 561 g/mol. The van der Waals surface area contributed by atoms with Crippen molar-refractivity contribution >= 4 is 45.8 Å². The zero-order valence-corrected chi connectivity index (χ0v) is 20.6. The van der Waals surface area contributed by atoms with Crippen LogP contribution >= 0.6 is 20.9 Å². The number of carbonyl (C=O) groups is 1. The van der Waals surface area contributed by atoms with E-state index in [-0.39, 0.29) is 23.3 Å². The van der Waals surface area contributed by atoms with E-state index in [0.29, 0.717) is 12.3 Å². The highest BCUT2D eigenvalue weighted by Crippen LogP contribution is 3.02. The minimum absolute atomic E-state index is 0.123. The average Bonchev–Trinajstić information content (AvgIpc) is 2.57. The number of allylic oxidation sites excluding steroid dienone is 1. The first-order chi connectivity index (χ1) is 14.4. The summed E-state index contributed by atoms with van der Waals surface area (Å²) in [6, 6.07) is 0.317. The number of halogens is 6. The fourth-order valence-electron chi connectivity index (χ4n) is 2.29. The molecule has 0 heterocycles. The summed E-state index contributed by atoms with van der Waals surface area (Å²) in [6.45, 7) is 6.12. The molecule has 0 saturated heterocycles. The molecule has 1 rings (SSSR count). The second-order valence-electron chi connectivity index (χ2n) is 6.73. The van der Waals surface area contributed by atoms with Gasteiger partial charge in [0.05, 0.1) is 12.7 Å². The quantitative estimate of drug-likeness (QED) is 0.102. The van der Waals surface area contributed by atoms with Crippen molar-refractivity contribution in [1.82, 2.24) is 0 Å². The van der Waals surface area contributed by atoms with Crippen LogP contribution in [0, 0.1) is 0 Å². The smallest absolute Gasteiger partial charge is 0.337 e. The van der Waals surface area contributed by atoms with Gasteiger partial charge in [-0.05, 0) is 32.1 Å². The van der Waals surface area contributed by atoms with E-state index in [2.05, 4.69) is 11.3 Å². The Morgan fingerprint density at radius 1 is 1.09 bits per heavy atom. The van der Waals surface area contributed by atoms with Crippen LogP contribution in [0.1, 0.15) is 13.8 Å². The standard InChI is InChI=1S/C17H18ClF5O7S3/c1-10(2)13(17(24)29-4)9-15(31(5,25)26)11(3)30-12-6-7-14(32(18,27)28)16(8-12)33(19,20,21,22)23/h6-9H,3H2,1-2,4-5H3/b15-9+. The van der Waals surface area contributed by atoms with Crippen molar-refractivity contribution in [2.24, 2.45) is 0 Å².